The van der Waals surface area contributed by atoms with Gasteiger partial charge in [-0.1, -0.05) is 24.3 Å². The molecule has 0 spiro atoms. The van der Waals surface area contributed by atoms with Crippen molar-refractivity contribution in [2.45, 2.75) is 19.3 Å². The summed E-state index contributed by atoms with van der Waals surface area (Å²) in [5.74, 6) is 2.56. The van der Waals surface area contributed by atoms with Gasteiger partial charge in [-0.15, -0.1) is 0 Å². The average Bonchev–Trinajstić information content (AvgIpc) is 3.09. The van der Waals surface area contributed by atoms with Crippen molar-refractivity contribution in [3.8, 4) is 0 Å². The topological polar surface area (TPSA) is 32.3 Å². The summed E-state index contributed by atoms with van der Waals surface area (Å²) in [6, 6.07) is 8.26. The van der Waals surface area contributed by atoms with Crippen molar-refractivity contribution in [1.82, 2.24) is 4.90 Å². The van der Waals surface area contributed by atoms with E-state index in [9.17, 15) is 4.79 Å². The van der Waals surface area contributed by atoms with Crippen LogP contribution in [0.1, 0.15) is 18.4 Å². The van der Waals surface area contributed by atoms with E-state index in [0.717, 1.165) is 35.5 Å². The molecule has 1 aromatic carbocycles. The van der Waals surface area contributed by atoms with Crippen molar-refractivity contribution < 1.29 is 4.79 Å². The number of fused-ring (bicyclic) bond motifs is 2. The van der Waals surface area contributed by atoms with Crippen LogP contribution in [0.25, 0.3) is 0 Å². The van der Waals surface area contributed by atoms with Crippen LogP contribution in [0, 0.1) is 17.8 Å². The van der Waals surface area contributed by atoms with E-state index in [4.69, 9.17) is 0 Å². The van der Waals surface area contributed by atoms with Gasteiger partial charge < -0.3 is 10.2 Å². The molecule has 1 aromatic rings. The van der Waals surface area contributed by atoms with Gasteiger partial charge in [0.15, 0.2) is 0 Å². The van der Waals surface area contributed by atoms with Crippen molar-refractivity contribution >= 4 is 11.6 Å². The number of carbonyl (C=O) groups is 1. The van der Waals surface area contributed by atoms with Gasteiger partial charge in [-0.25, -0.2) is 0 Å². The zero-order valence-electron chi connectivity index (χ0n) is 12.9. The molecule has 3 atom stereocenters. The van der Waals surface area contributed by atoms with E-state index in [1.54, 1.807) is 19.0 Å². The molecule has 3 heteroatoms. The molecule has 21 heavy (non-hydrogen) atoms. The molecule has 0 aliphatic heterocycles. The minimum absolute atomic E-state index is 0.143. The Balaban J connectivity index is 1.50. The lowest BCUT2D eigenvalue weighted by molar-refractivity contribution is -0.127. The van der Waals surface area contributed by atoms with Gasteiger partial charge in [0.25, 0.3) is 0 Å². The van der Waals surface area contributed by atoms with Crippen molar-refractivity contribution in [2.24, 2.45) is 17.8 Å². The first-order valence-corrected chi connectivity index (χ1v) is 7.83. The van der Waals surface area contributed by atoms with Gasteiger partial charge in [0, 0.05) is 26.3 Å². The second-order valence-corrected chi connectivity index (χ2v) is 6.58. The van der Waals surface area contributed by atoms with Crippen LogP contribution in [0.4, 0.5) is 5.69 Å². The molecule has 3 nitrogen and oxygen atoms in total. The fraction of sp³-hybridized carbons (Fsp3) is 0.500. The lowest BCUT2D eigenvalue weighted by Crippen LogP contribution is -2.23. The standard InChI is InChI=1S/C18H24N2O/c1-20(2)18(21)11-13-4-7-17(8-5-13)19-12-16-10-14-3-6-15(16)9-14/h3-8,14-16,19H,9-12H2,1-2H3. The third-order valence-electron chi connectivity index (χ3n) is 4.79. The number of hydrogen-bond acceptors (Lipinski definition) is 2. The average molecular weight is 284 g/mol. The SMILES string of the molecule is CN(C)C(=O)Cc1ccc(NCC2CC3C=CC2C3)cc1. The molecule has 0 saturated heterocycles. The number of hydrogen-bond donors (Lipinski definition) is 1. The molecule has 1 fully saturated rings. The molecule has 0 radical (unpaired) electrons. The monoisotopic (exact) mass is 284 g/mol. The third kappa shape index (κ3) is 3.29. The molecule has 1 amide bonds. The molecule has 2 aliphatic rings. The highest BCUT2D eigenvalue weighted by atomic mass is 16.2. The van der Waals surface area contributed by atoms with E-state index < -0.39 is 0 Å². The normalized spacial score (nSPS) is 26.1. The molecule has 112 valence electrons. The second kappa shape index (κ2) is 5.92. The van der Waals surface area contributed by atoms with Gasteiger partial charge in [-0.05, 0) is 48.3 Å². The van der Waals surface area contributed by atoms with Crippen LogP contribution in [0.5, 0.6) is 0 Å². The van der Waals surface area contributed by atoms with Crippen molar-refractivity contribution in [2.75, 3.05) is 26.0 Å². The Morgan fingerprint density at radius 2 is 1.95 bits per heavy atom. The van der Waals surface area contributed by atoms with Crippen LogP contribution in [-0.2, 0) is 11.2 Å². The number of likely N-dealkylation sites (N-methyl/N-ethyl adjacent to an activating group) is 1. The summed E-state index contributed by atoms with van der Waals surface area (Å²) in [4.78, 5) is 13.3. The molecule has 3 unspecified atom stereocenters. The zero-order chi connectivity index (χ0) is 14.8. The highest BCUT2D eigenvalue weighted by Crippen LogP contribution is 2.43. The van der Waals surface area contributed by atoms with E-state index in [-0.39, 0.29) is 5.91 Å². The Hall–Kier alpha value is -1.77. The maximum Gasteiger partial charge on any atom is 0.226 e. The minimum atomic E-state index is 0.143. The Labute approximate surface area is 127 Å². The summed E-state index contributed by atoms with van der Waals surface area (Å²) in [6.45, 7) is 1.06. The van der Waals surface area contributed by atoms with Crippen LogP contribution >= 0.6 is 0 Å². The first-order valence-electron chi connectivity index (χ1n) is 7.83. The van der Waals surface area contributed by atoms with Crippen LogP contribution in [0.3, 0.4) is 0 Å². The third-order valence-corrected chi connectivity index (χ3v) is 4.79. The molecule has 1 N–H and O–H groups in total. The van der Waals surface area contributed by atoms with Gasteiger partial charge >= 0.3 is 0 Å². The maximum atomic E-state index is 11.7. The first-order chi connectivity index (χ1) is 10.1. The Bertz CT molecular complexity index is 533. The van der Waals surface area contributed by atoms with E-state index >= 15 is 0 Å². The molecular formula is C18H24N2O. The largest absolute Gasteiger partial charge is 0.385 e. The number of carbonyl (C=O) groups excluding carboxylic acids is 1. The lowest BCUT2D eigenvalue weighted by Gasteiger charge is -2.19. The molecule has 0 heterocycles. The van der Waals surface area contributed by atoms with Crippen LogP contribution in [0.2, 0.25) is 0 Å². The highest BCUT2D eigenvalue weighted by molar-refractivity contribution is 5.78. The molecule has 3 rings (SSSR count). The zero-order valence-corrected chi connectivity index (χ0v) is 12.9. The van der Waals surface area contributed by atoms with E-state index in [1.165, 1.54) is 12.8 Å². The molecular weight excluding hydrogens is 260 g/mol. The molecule has 0 aromatic heterocycles. The summed E-state index contributed by atoms with van der Waals surface area (Å²) in [6.07, 6.45) is 7.96. The van der Waals surface area contributed by atoms with Gasteiger partial charge in [0.05, 0.1) is 6.42 Å². The predicted molar refractivity (Wildman–Crippen MR) is 86.2 cm³/mol. The quantitative estimate of drug-likeness (QED) is 0.843. The van der Waals surface area contributed by atoms with E-state index in [1.807, 2.05) is 12.1 Å². The highest BCUT2D eigenvalue weighted by Gasteiger charge is 2.35. The number of amides is 1. The van der Waals surface area contributed by atoms with Crippen LogP contribution < -0.4 is 5.32 Å². The van der Waals surface area contributed by atoms with E-state index in [2.05, 4.69) is 29.6 Å². The summed E-state index contributed by atoms with van der Waals surface area (Å²) in [5, 5.41) is 3.55. The van der Waals surface area contributed by atoms with E-state index in [0.29, 0.717) is 6.42 Å². The summed E-state index contributed by atoms with van der Waals surface area (Å²) < 4.78 is 0. The minimum Gasteiger partial charge on any atom is -0.385 e. The number of anilines is 1. The second-order valence-electron chi connectivity index (χ2n) is 6.58. The number of rotatable bonds is 5. The molecule has 2 aliphatic carbocycles. The fourth-order valence-electron chi connectivity index (χ4n) is 3.45. The van der Waals surface area contributed by atoms with Crippen LogP contribution in [-0.4, -0.2) is 31.4 Å². The molecule has 2 bridgehead atoms. The molecule has 1 saturated carbocycles. The number of allylic oxidation sites excluding steroid dienone is 2. The number of nitrogens with zero attached hydrogens (tertiary/aromatic N) is 1. The van der Waals surface area contributed by atoms with Gasteiger partial charge in [-0.2, -0.15) is 0 Å². The van der Waals surface area contributed by atoms with Gasteiger partial charge in [0.2, 0.25) is 5.91 Å². The van der Waals surface area contributed by atoms with Crippen LogP contribution in [0.15, 0.2) is 36.4 Å². The number of benzene rings is 1. The van der Waals surface area contributed by atoms with Gasteiger partial charge in [0.1, 0.15) is 0 Å². The summed E-state index contributed by atoms with van der Waals surface area (Å²) >= 11 is 0. The predicted octanol–water partition coefficient (Wildman–Crippen LogP) is 2.94. The Morgan fingerprint density at radius 3 is 2.52 bits per heavy atom. The van der Waals surface area contributed by atoms with Crippen molar-refractivity contribution in [3.63, 3.8) is 0 Å². The summed E-state index contributed by atoms with van der Waals surface area (Å²) in [7, 11) is 3.59. The summed E-state index contributed by atoms with van der Waals surface area (Å²) in [5.41, 5.74) is 2.23. The number of nitrogens with one attached hydrogen (secondary N) is 1. The van der Waals surface area contributed by atoms with Gasteiger partial charge in [-0.3, -0.25) is 4.79 Å². The lowest BCUT2D eigenvalue weighted by atomic mass is 9.93. The Morgan fingerprint density at radius 1 is 1.19 bits per heavy atom. The first kappa shape index (κ1) is 14.2. The fourth-order valence-corrected chi connectivity index (χ4v) is 3.45. The maximum absolute atomic E-state index is 11.7. The smallest absolute Gasteiger partial charge is 0.226 e. The Kier molecular flexibility index (Phi) is 4.00. The van der Waals surface area contributed by atoms with Crippen molar-refractivity contribution in [3.05, 3.63) is 42.0 Å². The van der Waals surface area contributed by atoms with Crippen molar-refractivity contribution in [1.29, 1.82) is 0 Å².